The van der Waals surface area contributed by atoms with Gasteiger partial charge in [0.1, 0.15) is 11.4 Å². The van der Waals surface area contributed by atoms with Crippen molar-refractivity contribution in [3.8, 4) is 0 Å². The Labute approximate surface area is 247 Å². The number of ether oxygens (including phenoxy) is 2. The number of rotatable bonds is 10. The molecule has 1 saturated heterocycles. The molecule has 2 heterocycles. The van der Waals surface area contributed by atoms with Crippen molar-refractivity contribution < 1.29 is 27.5 Å². The molecule has 1 aromatic carbocycles. The predicted octanol–water partition coefficient (Wildman–Crippen LogP) is 3.04. The van der Waals surface area contributed by atoms with E-state index in [-0.39, 0.29) is 43.2 Å². The quantitative estimate of drug-likeness (QED) is 0.418. The summed E-state index contributed by atoms with van der Waals surface area (Å²) in [6, 6.07) is 6.85. The van der Waals surface area contributed by atoms with Gasteiger partial charge in [-0.25, -0.2) is 4.79 Å². The molecule has 3 rings (SSSR count). The zero-order valence-corrected chi connectivity index (χ0v) is 26.3. The average molecular weight is 613 g/mol. The Hall–Kier alpha value is -2.87. The van der Waals surface area contributed by atoms with Crippen LogP contribution >= 0.6 is 11.6 Å². The molecule has 0 saturated carbocycles. The second-order valence-electron chi connectivity index (χ2n) is 11.2. The van der Waals surface area contributed by atoms with E-state index in [0.717, 1.165) is 8.39 Å². The molecule has 1 aromatic heterocycles. The highest BCUT2D eigenvalue weighted by Crippen LogP contribution is 2.33. The van der Waals surface area contributed by atoms with Gasteiger partial charge in [0.05, 0.1) is 6.10 Å². The Balaban J connectivity index is 2.12. The summed E-state index contributed by atoms with van der Waals surface area (Å²) in [6.45, 7) is 8.12. The van der Waals surface area contributed by atoms with Crippen molar-refractivity contribution in [2.75, 3.05) is 45.7 Å². The molecule has 1 unspecified atom stereocenters. The number of halogens is 1. The number of nitrogens with zero attached hydrogens (tertiary/aromatic N) is 4. The average Bonchev–Trinajstić information content (AvgIpc) is 3.27. The van der Waals surface area contributed by atoms with Crippen LogP contribution in [-0.4, -0.2) is 92.5 Å². The third-order valence-corrected chi connectivity index (χ3v) is 8.53. The Bertz CT molecular complexity index is 1340. The number of piperidine rings is 1. The Kier molecular flexibility index (Phi) is 10.7. The maximum atomic E-state index is 13.6. The molecular formula is C27H41ClN6O6S. The fraction of sp³-hybridized carbons (Fsp3) is 0.593. The highest BCUT2D eigenvalue weighted by atomic mass is 35.5. The number of carbonyl (C=O) groups excluding carboxylic acids is 2. The lowest BCUT2D eigenvalue weighted by atomic mass is 10.0. The van der Waals surface area contributed by atoms with Gasteiger partial charge in [-0.3, -0.25) is 4.79 Å². The first-order chi connectivity index (χ1) is 19.1. The number of hydrogen-bond acceptors (Lipinski definition) is 8. The summed E-state index contributed by atoms with van der Waals surface area (Å²) in [5.74, 6) is -0.287. The van der Waals surface area contributed by atoms with E-state index in [9.17, 15) is 18.0 Å². The number of alkyl carbamates (subject to hydrolysis) is 1. The lowest BCUT2D eigenvalue weighted by Gasteiger charge is -2.35. The topological polar surface area (TPSA) is 135 Å². The van der Waals surface area contributed by atoms with E-state index in [1.807, 2.05) is 17.0 Å². The van der Waals surface area contributed by atoms with Crippen molar-refractivity contribution >= 4 is 39.6 Å². The minimum atomic E-state index is -4.15. The molecule has 12 nitrogen and oxygen atoms in total. The van der Waals surface area contributed by atoms with Gasteiger partial charge < -0.3 is 25.0 Å². The summed E-state index contributed by atoms with van der Waals surface area (Å²) in [5, 5.41) is 10.6. The minimum Gasteiger partial charge on any atom is -0.444 e. The molecule has 228 valence electrons. The van der Waals surface area contributed by atoms with Gasteiger partial charge in [-0.1, -0.05) is 29.8 Å². The molecular weight excluding hydrogens is 572 g/mol. The van der Waals surface area contributed by atoms with Crippen molar-refractivity contribution in [2.45, 2.75) is 64.7 Å². The van der Waals surface area contributed by atoms with Crippen LogP contribution in [0.4, 0.5) is 10.6 Å². The van der Waals surface area contributed by atoms with Crippen molar-refractivity contribution in [1.29, 1.82) is 0 Å². The molecule has 0 radical (unpaired) electrons. The predicted molar refractivity (Wildman–Crippen MR) is 158 cm³/mol. The van der Waals surface area contributed by atoms with Crippen molar-refractivity contribution in [1.82, 2.24) is 24.1 Å². The zero-order valence-electron chi connectivity index (χ0n) is 24.7. The van der Waals surface area contributed by atoms with E-state index < -0.39 is 27.8 Å². The molecule has 1 aliphatic heterocycles. The van der Waals surface area contributed by atoms with E-state index >= 15 is 0 Å². The number of nitrogens with one attached hydrogen (secondary N) is 2. The zero-order chi connectivity index (χ0) is 30.5. The number of aromatic nitrogens is 2. The van der Waals surface area contributed by atoms with Crippen LogP contribution in [-0.2, 0) is 26.1 Å². The summed E-state index contributed by atoms with van der Waals surface area (Å²) in [5.41, 5.74) is 0.415. The molecule has 2 amide bonds. The number of methoxy groups -OCH3 is 1. The Morgan fingerprint density at radius 1 is 1.24 bits per heavy atom. The smallest absolute Gasteiger partial charge is 0.407 e. The van der Waals surface area contributed by atoms with E-state index in [2.05, 4.69) is 15.7 Å². The van der Waals surface area contributed by atoms with Crippen molar-refractivity contribution in [3.63, 3.8) is 0 Å². The molecule has 0 aliphatic carbocycles. The molecule has 41 heavy (non-hydrogen) atoms. The number of benzene rings is 1. The number of anilines is 1. The van der Waals surface area contributed by atoms with Gasteiger partial charge in [0.25, 0.3) is 5.91 Å². The Morgan fingerprint density at radius 3 is 2.54 bits per heavy atom. The van der Waals surface area contributed by atoms with Gasteiger partial charge in [-0.2, -0.15) is 12.7 Å². The summed E-state index contributed by atoms with van der Waals surface area (Å²) < 4.78 is 39.8. The largest absolute Gasteiger partial charge is 0.444 e. The fourth-order valence-electron chi connectivity index (χ4n) is 4.39. The van der Waals surface area contributed by atoms with Crippen LogP contribution < -0.4 is 15.5 Å². The summed E-state index contributed by atoms with van der Waals surface area (Å²) in [6.07, 6.45) is 0.668. The first-order valence-corrected chi connectivity index (χ1v) is 15.2. The van der Waals surface area contributed by atoms with E-state index in [0.29, 0.717) is 35.5 Å². The summed E-state index contributed by atoms with van der Waals surface area (Å²) in [7, 11) is 0.189. The summed E-state index contributed by atoms with van der Waals surface area (Å²) in [4.78, 5) is 27.8. The second kappa shape index (κ2) is 13.4. The molecule has 2 atom stereocenters. The van der Waals surface area contributed by atoms with Gasteiger partial charge in [-0.05, 0) is 52.2 Å². The third kappa shape index (κ3) is 8.34. The lowest BCUT2D eigenvalue weighted by molar-refractivity contribution is 0.0499. The van der Waals surface area contributed by atoms with Gasteiger partial charge in [-0.15, -0.1) is 9.19 Å². The fourth-order valence-corrected chi connectivity index (χ4v) is 5.53. The first-order valence-electron chi connectivity index (χ1n) is 13.5. The highest BCUT2D eigenvalue weighted by Gasteiger charge is 2.35. The second-order valence-corrected chi connectivity index (χ2v) is 13.6. The molecule has 14 heteroatoms. The van der Waals surface area contributed by atoms with Crippen molar-refractivity contribution in [2.24, 2.45) is 0 Å². The summed E-state index contributed by atoms with van der Waals surface area (Å²) >= 11 is 6.50. The Morgan fingerprint density at radius 2 is 1.93 bits per heavy atom. The first kappa shape index (κ1) is 32.6. The number of carbonyl (C=O) groups is 2. The molecule has 0 bridgehead atoms. The van der Waals surface area contributed by atoms with E-state index in [1.54, 1.807) is 39.8 Å². The van der Waals surface area contributed by atoms with Gasteiger partial charge in [0.2, 0.25) is 0 Å². The maximum Gasteiger partial charge on any atom is 0.407 e. The maximum absolute atomic E-state index is 13.6. The third-order valence-electron chi connectivity index (χ3n) is 6.54. The standard InChI is InChI=1S/C27H41ClN6O6S/c1-18(39-7)16-29-24(35)23-21(15-19-11-8-9-13-22(19)28)25(34(31-23)41(37,38)32(5)6)33-14-10-12-20(17-33)30-26(36)40-27(2,3)4/h8-9,11,13,18,20H,10,12,14-17H2,1-7H3,(H,29,35)(H,30,36)/t18?,20-/m0/s1. The number of hydrogen-bond donors (Lipinski definition) is 2. The van der Waals surface area contributed by atoms with Gasteiger partial charge in [0, 0.05) is 63.9 Å². The van der Waals surface area contributed by atoms with E-state index in [4.69, 9.17) is 21.1 Å². The van der Waals surface area contributed by atoms with Crippen LogP contribution in [0.3, 0.4) is 0 Å². The number of amides is 2. The van der Waals surface area contributed by atoms with Crippen molar-refractivity contribution in [3.05, 3.63) is 46.1 Å². The van der Waals surface area contributed by atoms with Crippen LogP contribution in [0, 0.1) is 0 Å². The molecule has 1 fully saturated rings. The SMILES string of the molecule is COC(C)CNC(=O)c1nn(S(=O)(=O)N(C)C)c(N2CCC[C@H](NC(=O)OC(C)(C)C)C2)c1Cc1ccccc1Cl. The van der Waals surface area contributed by atoms with E-state index in [1.165, 1.54) is 21.2 Å². The molecule has 2 N–H and O–H groups in total. The van der Waals surface area contributed by atoms with Crippen LogP contribution in [0.1, 0.15) is 62.2 Å². The van der Waals surface area contributed by atoms with Gasteiger partial charge in [0.15, 0.2) is 5.69 Å². The minimum absolute atomic E-state index is 0.0316. The van der Waals surface area contributed by atoms with Crippen LogP contribution in [0.15, 0.2) is 24.3 Å². The normalized spacial score (nSPS) is 16.9. The molecule has 1 aliphatic rings. The highest BCUT2D eigenvalue weighted by molar-refractivity contribution is 7.87. The molecule has 2 aromatic rings. The monoisotopic (exact) mass is 612 g/mol. The van der Waals surface area contributed by atoms with Crippen LogP contribution in [0.25, 0.3) is 0 Å². The van der Waals surface area contributed by atoms with Gasteiger partial charge >= 0.3 is 16.3 Å². The lowest BCUT2D eigenvalue weighted by Crippen LogP contribution is -2.50. The molecule has 0 spiro atoms. The van der Waals surface area contributed by atoms with Crippen LogP contribution in [0.2, 0.25) is 5.02 Å². The van der Waals surface area contributed by atoms with Crippen LogP contribution in [0.5, 0.6) is 0 Å².